The van der Waals surface area contributed by atoms with Crippen molar-refractivity contribution in [3.05, 3.63) is 33.8 Å². The van der Waals surface area contributed by atoms with Gasteiger partial charge >= 0.3 is 5.97 Å². The van der Waals surface area contributed by atoms with E-state index in [0.717, 1.165) is 26.2 Å². The number of esters is 1. The van der Waals surface area contributed by atoms with Crippen molar-refractivity contribution in [3.63, 3.8) is 0 Å². The molecule has 0 saturated carbocycles. The van der Waals surface area contributed by atoms with Gasteiger partial charge in [-0.3, -0.25) is 4.90 Å². The summed E-state index contributed by atoms with van der Waals surface area (Å²) < 4.78 is 5.02. The van der Waals surface area contributed by atoms with Gasteiger partial charge < -0.3 is 10.1 Å². The minimum Gasteiger partial charge on any atom is -0.467 e. The lowest BCUT2D eigenvalue weighted by Gasteiger charge is -2.42. The Hall–Kier alpha value is -0.810. The first-order chi connectivity index (χ1) is 9.50. The zero-order chi connectivity index (χ0) is 14.8. The molecule has 1 aliphatic heterocycles. The molecule has 1 saturated heterocycles. The molecule has 1 aromatic carbocycles. The van der Waals surface area contributed by atoms with Crippen molar-refractivity contribution >= 4 is 29.2 Å². The molecule has 1 unspecified atom stereocenters. The molecule has 4 nitrogen and oxygen atoms in total. The summed E-state index contributed by atoms with van der Waals surface area (Å²) in [5, 5.41) is 4.33. The standard InChI is InChI=1S/C14H18Cl2N2O2/c1-14(13(19)20-2,18-7-5-17-6-8-18)11-9-10(15)3-4-12(11)16/h3-4,9,17H,5-8H2,1-2H3. The number of benzene rings is 1. The van der Waals surface area contributed by atoms with Gasteiger partial charge in [-0.05, 0) is 25.1 Å². The van der Waals surface area contributed by atoms with Gasteiger partial charge in [0.1, 0.15) is 5.54 Å². The van der Waals surface area contributed by atoms with Crippen molar-refractivity contribution in [1.29, 1.82) is 0 Å². The molecule has 0 aromatic heterocycles. The molecule has 2 rings (SSSR count). The van der Waals surface area contributed by atoms with Crippen molar-refractivity contribution in [2.75, 3.05) is 33.3 Å². The van der Waals surface area contributed by atoms with Crippen molar-refractivity contribution in [2.24, 2.45) is 0 Å². The number of hydrogen-bond donors (Lipinski definition) is 1. The van der Waals surface area contributed by atoms with Crippen LogP contribution in [0.15, 0.2) is 18.2 Å². The summed E-state index contributed by atoms with van der Waals surface area (Å²) in [6.45, 7) is 4.97. The van der Waals surface area contributed by atoms with Crippen LogP contribution in [0.1, 0.15) is 12.5 Å². The fourth-order valence-corrected chi connectivity index (χ4v) is 3.06. The van der Waals surface area contributed by atoms with E-state index in [9.17, 15) is 4.79 Å². The van der Waals surface area contributed by atoms with Gasteiger partial charge in [0, 0.05) is 41.8 Å². The van der Waals surface area contributed by atoms with Gasteiger partial charge in [-0.2, -0.15) is 0 Å². The number of nitrogens with zero attached hydrogens (tertiary/aromatic N) is 1. The highest BCUT2D eigenvalue weighted by Crippen LogP contribution is 2.36. The molecular weight excluding hydrogens is 299 g/mol. The molecule has 1 atom stereocenters. The Morgan fingerprint density at radius 1 is 1.35 bits per heavy atom. The predicted molar refractivity (Wildman–Crippen MR) is 80.3 cm³/mol. The van der Waals surface area contributed by atoms with Crippen LogP contribution in [0, 0.1) is 0 Å². The second-order valence-corrected chi connectivity index (χ2v) is 5.77. The Morgan fingerprint density at radius 2 is 2.00 bits per heavy atom. The minimum absolute atomic E-state index is 0.330. The van der Waals surface area contributed by atoms with Gasteiger partial charge in [0.25, 0.3) is 0 Å². The van der Waals surface area contributed by atoms with Crippen molar-refractivity contribution in [2.45, 2.75) is 12.5 Å². The topological polar surface area (TPSA) is 41.6 Å². The Bertz CT molecular complexity index is 504. The maximum Gasteiger partial charge on any atom is 0.330 e. The zero-order valence-corrected chi connectivity index (χ0v) is 13.1. The lowest BCUT2D eigenvalue weighted by atomic mass is 9.89. The van der Waals surface area contributed by atoms with E-state index in [1.165, 1.54) is 7.11 Å². The van der Waals surface area contributed by atoms with Crippen molar-refractivity contribution < 1.29 is 9.53 Å². The summed E-state index contributed by atoms with van der Waals surface area (Å²) in [6, 6.07) is 5.16. The number of nitrogens with one attached hydrogen (secondary N) is 1. The minimum atomic E-state index is -0.932. The summed E-state index contributed by atoms with van der Waals surface area (Å²) in [5.41, 5.74) is -0.251. The zero-order valence-electron chi connectivity index (χ0n) is 11.6. The molecule has 0 aliphatic carbocycles. The molecule has 6 heteroatoms. The summed E-state index contributed by atoms with van der Waals surface area (Å²) >= 11 is 12.4. The number of methoxy groups -OCH3 is 1. The van der Waals surface area contributed by atoms with Gasteiger partial charge in [0.2, 0.25) is 0 Å². The fourth-order valence-electron chi connectivity index (χ4n) is 2.59. The average Bonchev–Trinajstić information content (AvgIpc) is 2.49. The third-order valence-electron chi connectivity index (χ3n) is 3.79. The lowest BCUT2D eigenvalue weighted by molar-refractivity contribution is -0.155. The van der Waals surface area contributed by atoms with Crippen LogP contribution < -0.4 is 5.32 Å². The summed E-state index contributed by atoms with van der Waals surface area (Å²) in [4.78, 5) is 14.5. The fraction of sp³-hybridized carbons (Fsp3) is 0.500. The molecular formula is C14H18Cl2N2O2. The monoisotopic (exact) mass is 316 g/mol. The number of hydrogen-bond acceptors (Lipinski definition) is 4. The van der Waals surface area contributed by atoms with E-state index in [0.29, 0.717) is 15.6 Å². The van der Waals surface area contributed by atoms with E-state index in [1.807, 2.05) is 6.92 Å². The summed E-state index contributed by atoms with van der Waals surface area (Å²) in [5.74, 6) is -0.330. The molecule has 0 radical (unpaired) electrons. The quantitative estimate of drug-likeness (QED) is 0.869. The van der Waals surface area contributed by atoms with Gasteiger partial charge in [-0.1, -0.05) is 23.2 Å². The van der Waals surface area contributed by atoms with Crippen LogP contribution >= 0.6 is 23.2 Å². The molecule has 110 valence electrons. The third-order valence-corrected chi connectivity index (χ3v) is 4.35. The molecule has 0 bridgehead atoms. The van der Waals surface area contributed by atoms with E-state index >= 15 is 0 Å². The maximum atomic E-state index is 12.4. The van der Waals surface area contributed by atoms with Crippen LogP contribution in [0.5, 0.6) is 0 Å². The number of ether oxygens (including phenoxy) is 1. The Labute approximate surface area is 129 Å². The Kier molecular flexibility index (Phi) is 4.91. The number of carbonyl (C=O) groups excluding carboxylic acids is 1. The highest BCUT2D eigenvalue weighted by Gasteiger charge is 2.44. The number of halogens is 2. The molecule has 20 heavy (non-hydrogen) atoms. The highest BCUT2D eigenvalue weighted by atomic mass is 35.5. The van der Waals surface area contributed by atoms with Gasteiger partial charge in [0.15, 0.2) is 0 Å². The molecule has 1 N–H and O–H groups in total. The average molecular weight is 317 g/mol. The number of carbonyl (C=O) groups is 1. The van der Waals surface area contributed by atoms with Crippen molar-refractivity contribution in [1.82, 2.24) is 10.2 Å². The molecule has 1 aromatic rings. The van der Waals surface area contributed by atoms with Gasteiger partial charge in [0.05, 0.1) is 7.11 Å². The summed E-state index contributed by atoms with van der Waals surface area (Å²) in [7, 11) is 1.39. The smallest absolute Gasteiger partial charge is 0.330 e. The van der Waals surface area contributed by atoms with Gasteiger partial charge in [-0.25, -0.2) is 4.79 Å². The second kappa shape index (κ2) is 6.31. The molecule has 1 aliphatic rings. The van der Waals surface area contributed by atoms with Crippen LogP contribution in [0.3, 0.4) is 0 Å². The van der Waals surface area contributed by atoms with Crippen LogP contribution in [-0.4, -0.2) is 44.2 Å². The Balaban J connectivity index is 2.50. The van der Waals surface area contributed by atoms with E-state index in [-0.39, 0.29) is 5.97 Å². The largest absolute Gasteiger partial charge is 0.467 e. The maximum absolute atomic E-state index is 12.4. The SMILES string of the molecule is COC(=O)C(C)(c1cc(Cl)ccc1Cl)N1CCNCC1. The van der Waals surface area contributed by atoms with E-state index in [2.05, 4.69) is 10.2 Å². The van der Waals surface area contributed by atoms with Crippen LogP contribution in [0.2, 0.25) is 10.0 Å². The van der Waals surface area contributed by atoms with Crippen LogP contribution in [0.25, 0.3) is 0 Å². The molecule has 0 spiro atoms. The molecule has 0 amide bonds. The van der Waals surface area contributed by atoms with E-state index < -0.39 is 5.54 Å². The molecule has 1 fully saturated rings. The normalized spacial score (nSPS) is 19.4. The number of piperazine rings is 1. The lowest BCUT2D eigenvalue weighted by Crippen LogP contribution is -2.57. The van der Waals surface area contributed by atoms with Gasteiger partial charge in [-0.15, -0.1) is 0 Å². The number of rotatable bonds is 3. The highest BCUT2D eigenvalue weighted by molar-refractivity contribution is 6.33. The van der Waals surface area contributed by atoms with E-state index in [4.69, 9.17) is 27.9 Å². The first-order valence-electron chi connectivity index (χ1n) is 6.50. The second-order valence-electron chi connectivity index (χ2n) is 4.93. The first-order valence-corrected chi connectivity index (χ1v) is 7.25. The Morgan fingerprint density at radius 3 is 2.60 bits per heavy atom. The third kappa shape index (κ3) is 2.79. The van der Waals surface area contributed by atoms with E-state index in [1.54, 1.807) is 18.2 Å². The summed E-state index contributed by atoms with van der Waals surface area (Å²) in [6.07, 6.45) is 0. The molecule has 1 heterocycles. The van der Waals surface area contributed by atoms with Crippen LogP contribution in [-0.2, 0) is 15.1 Å². The van der Waals surface area contributed by atoms with Crippen LogP contribution in [0.4, 0.5) is 0 Å². The first kappa shape index (κ1) is 15.6. The predicted octanol–water partition coefficient (Wildman–Crippen LogP) is 2.29. The van der Waals surface area contributed by atoms with Crippen molar-refractivity contribution in [3.8, 4) is 0 Å².